The van der Waals surface area contributed by atoms with Crippen LogP contribution in [0, 0.1) is 0 Å². The van der Waals surface area contributed by atoms with E-state index in [0.717, 1.165) is 30.4 Å². The Morgan fingerprint density at radius 2 is 1.71 bits per heavy atom. The Hall–Kier alpha value is -3.41. The maximum absolute atomic E-state index is 13.2. The summed E-state index contributed by atoms with van der Waals surface area (Å²) in [6.07, 6.45) is 2.44. The van der Waals surface area contributed by atoms with Gasteiger partial charge in [0.1, 0.15) is 11.4 Å². The molecule has 2 fully saturated rings. The fourth-order valence-corrected chi connectivity index (χ4v) is 8.29. The van der Waals surface area contributed by atoms with Gasteiger partial charge in [0.15, 0.2) is 0 Å². The van der Waals surface area contributed by atoms with E-state index in [2.05, 4.69) is 5.32 Å². The van der Waals surface area contributed by atoms with Gasteiger partial charge in [-0.05, 0) is 93.6 Å². The van der Waals surface area contributed by atoms with E-state index in [1.807, 2.05) is 4.90 Å². The highest BCUT2D eigenvalue weighted by Crippen LogP contribution is 2.30. The van der Waals surface area contributed by atoms with Crippen molar-refractivity contribution in [2.75, 3.05) is 19.8 Å². The number of phenols is 1. The van der Waals surface area contributed by atoms with Crippen LogP contribution in [0.25, 0.3) is 0 Å². The lowest BCUT2D eigenvalue weighted by Crippen LogP contribution is -2.58. The van der Waals surface area contributed by atoms with Gasteiger partial charge >= 0.3 is 6.09 Å². The quantitative estimate of drug-likeness (QED) is 0.464. The van der Waals surface area contributed by atoms with Crippen LogP contribution in [0.2, 0.25) is 0 Å². The lowest BCUT2D eigenvalue weighted by atomic mass is 9.93. The number of nitrogens with one attached hydrogen (secondary N) is 1. The molecule has 219 valence electrons. The Balaban J connectivity index is 1.23. The highest BCUT2D eigenvalue weighted by molar-refractivity contribution is 6.59. The first-order valence-corrected chi connectivity index (χ1v) is 15.9. The van der Waals surface area contributed by atoms with E-state index in [9.17, 15) is 24.6 Å². The van der Waals surface area contributed by atoms with Crippen LogP contribution in [0.3, 0.4) is 0 Å². The first kappa shape index (κ1) is 29.1. The van der Waals surface area contributed by atoms with Crippen molar-refractivity contribution in [2.24, 2.45) is 0 Å². The van der Waals surface area contributed by atoms with E-state index >= 15 is 0 Å². The van der Waals surface area contributed by atoms with Gasteiger partial charge in [0, 0.05) is 24.2 Å². The van der Waals surface area contributed by atoms with Crippen molar-refractivity contribution in [3.05, 3.63) is 64.7 Å². The maximum Gasteiger partial charge on any atom is 0.402 e. The Kier molecular flexibility index (Phi) is 8.39. The van der Waals surface area contributed by atoms with Gasteiger partial charge in [-0.1, -0.05) is 6.07 Å². The molecule has 10 nitrogen and oxygen atoms in total. The molecule has 11 heteroatoms. The second kappa shape index (κ2) is 11.8. The molecule has 3 heterocycles. The molecule has 0 saturated carbocycles. The molecular formula is C30H38N3O7Si. The fraction of sp³-hybridized carbons (Fsp3) is 0.500. The summed E-state index contributed by atoms with van der Waals surface area (Å²) in [5, 5.41) is 23.9. The van der Waals surface area contributed by atoms with E-state index in [4.69, 9.17) is 9.47 Å². The van der Waals surface area contributed by atoms with Gasteiger partial charge in [0.2, 0.25) is 8.96 Å². The summed E-state index contributed by atoms with van der Waals surface area (Å²) in [5.74, 6) is -0.307. The molecule has 0 aliphatic carbocycles. The number of carbonyl (C=O) groups is 3. The normalized spacial score (nSPS) is 21.6. The van der Waals surface area contributed by atoms with Crippen LogP contribution in [0.1, 0.15) is 71.9 Å². The predicted octanol–water partition coefficient (Wildman–Crippen LogP) is 2.94. The third-order valence-electron chi connectivity index (χ3n) is 7.80. The minimum absolute atomic E-state index is 0.0390. The second-order valence-corrected chi connectivity index (χ2v) is 14.5. The van der Waals surface area contributed by atoms with E-state index in [0.29, 0.717) is 30.4 Å². The van der Waals surface area contributed by atoms with Crippen molar-refractivity contribution in [3.8, 4) is 5.75 Å². The first-order valence-electron chi connectivity index (χ1n) is 14.1. The van der Waals surface area contributed by atoms with Crippen molar-refractivity contribution in [1.82, 2.24) is 14.8 Å². The summed E-state index contributed by atoms with van der Waals surface area (Å²) < 4.78 is 12.8. The van der Waals surface area contributed by atoms with E-state index in [-0.39, 0.29) is 42.7 Å². The van der Waals surface area contributed by atoms with Crippen LogP contribution in [0.15, 0.2) is 42.5 Å². The SMILES string of the molecule is CC(C)(C)OC(=O)N1Cc2cc(O)ccc2C[Si]1[C@H](O)CNC(=O)c1ccc(C(=O)N2C3CCCC2COC3)cc1. The third-order valence-corrected chi connectivity index (χ3v) is 10.6. The number of rotatable bonds is 5. The fourth-order valence-electron chi connectivity index (χ4n) is 5.78. The molecule has 2 aromatic carbocycles. The molecule has 1 radical (unpaired) electrons. The lowest BCUT2D eigenvalue weighted by molar-refractivity contribution is -0.0565. The zero-order valence-corrected chi connectivity index (χ0v) is 24.8. The van der Waals surface area contributed by atoms with Crippen LogP contribution in [-0.4, -0.2) is 89.7 Å². The van der Waals surface area contributed by atoms with Crippen LogP contribution >= 0.6 is 0 Å². The maximum atomic E-state index is 13.2. The van der Waals surface area contributed by atoms with E-state index in [1.54, 1.807) is 67.8 Å². The number of piperidine rings is 1. The Morgan fingerprint density at radius 3 is 2.37 bits per heavy atom. The second-order valence-electron chi connectivity index (χ2n) is 12.0. The van der Waals surface area contributed by atoms with Crippen LogP contribution in [0.5, 0.6) is 5.75 Å². The number of carbonyl (C=O) groups excluding carboxylic acids is 3. The average molecular weight is 581 g/mol. The van der Waals surface area contributed by atoms with Crippen molar-refractivity contribution in [2.45, 2.75) is 76.0 Å². The minimum atomic E-state index is -1.92. The van der Waals surface area contributed by atoms with E-state index < -0.39 is 26.4 Å². The van der Waals surface area contributed by atoms with Gasteiger partial charge in [0.25, 0.3) is 11.8 Å². The number of phenolic OH excluding ortho intramolecular Hbond substituents is 1. The highest BCUT2D eigenvalue weighted by Gasteiger charge is 2.40. The lowest BCUT2D eigenvalue weighted by Gasteiger charge is -2.45. The summed E-state index contributed by atoms with van der Waals surface area (Å²) in [6, 6.07) is 12.2. The molecule has 2 unspecified atom stereocenters. The molecule has 3 aliphatic heterocycles. The number of hydrogen-bond acceptors (Lipinski definition) is 7. The summed E-state index contributed by atoms with van der Waals surface area (Å²) in [4.78, 5) is 41.2. The molecule has 41 heavy (non-hydrogen) atoms. The van der Waals surface area contributed by atoms with Crippen molar-refractivity contribution in [3.63, 3.8) is 0 Å². The first-order chi connectivity index (χ1) is 19.5. The molecule has 2 saturated heterocycles. The summed E-state index contributed by atoms with van der Waals surface area (Å²) in [7, 11) is -1.92. The Morgan fingerprint density at radius 1 is 1.05 bits per heavy atom. The highest BCUT2D eigenvalue weighted by atomic mass is 28.3. The van der Waals surface area contributed by atoms with Crippen molar-refractivity contribution >= 4 is 26.9 Å². The number of benzene rings is 2. The topological polar surface area (TPSA) is 129 Å². The molecular weight excluding hydrogens is 542 g/mol. The Bertz CT molecular complexity index is 1270. The number of nitrogens with zero attached hydrogens (tertiary/aromatic N) is 2. The zero-order valence-electron chi connectivity index (χ0n) is 23.8. The number of aliphatic hydroxyl groups is 1. The van der Waals surface area contributed by atoms with Gasteiger partial charge in [-0.3, -0.25) is 9.59 Å². The molecule has 3 N–H and O–H groups in total. The van der Waals surface area contributed by atoms with E-state index in [1.165, 1.54) is 0 Å². The molecule has 3 atom stereocenters. The molecule has 0 spiro atoms. The predicted molar refractivity (Wildman–Crippen MR) is 153 cm³/mol. The van der Waals surface area contributed by atoms with Crippen molar-refractivity contribution < 1.29 is 34.1 Å². The molecule has 3 aliphatic rings. The number of fused-ring (bicyclic) bond motifs is 3. The molecule has 5 rings (SSSR count). The number of amides is 3. The summed E-state index contributed by atoms with van der Waals surface area (Å²) in [5.41, 5.74) is 0.978. The smallest absolute Gasteiger partial charge is 0.402 e. The van der Waals surface area contributed by atoms with Crippen molar-refractivity contribution in [1.29, 1.82) is 0 Å². The summed E-state index contributed by atoms with van der Waals surface area (Å²) in [6.45, 7) is 6.63. The summed E-state index contributed by atoms with van der Waals surface area (Å²) >= 11 is 0. The molecule has 3 amide bonds. The molecule has 0 aromatic heterocycles. The average Bonchev–Trinajstić information content (AvgIpc) is 2.93. The Labute approximate surface area is 241 Å². The van der Waals surface area contributed by atoms with Crippen LogP contribution < -0.4 is 5.32 Å². The zero-order chi connectivity index (χ0) is 29.3. The number of ether oxygens (including phenoxy) is 2. The molecule has 2 bridgehead atoms. The van der Waals surface area contributed by atoms with Gasteiger partial charge in [-0.25, -0.2) is 4.79 Å². The van der Waals surface area contributed by atoms with Gasteiger partial charge in [0.05, 0.1) is 31.0 Å². The van der Waals surface area contributed by atoms with Gasteiger partial charge < -0.3 is 34.5 Å². The van der Waals surface area contributed by atoms with Crippen LogP contribution in [0.4, 0.5) is 4.79 Å². The van der Waals surface area contributed by atoms with Crippen LogP contribution in [-0.2, 0) is 22.1 Å². The van der Waals surface area contributed by atoms with Gasteiger partial charge in [-0.15, -0.1) is 0 Å². The number of aromatic hydroxyl groups is 1. The minimum Gasteiger partial charge on any atom is -0.508 e. The third kappa shape index (κ3) is 6.58. The monoisotopic (exact) mass is 580 g/mol. The number of aliphatic hydroxyl groups excluding tert-OH is 1. The number of hydrogen-bond donors (Lipinski definition) is 3. The molecule has 2 aromatic rings. The number of morpholine rings is 1. The standard InChI is InChI=1S/C30H38N3O7Si/c1-30(2,3)40-29(38)32-15-22-13-25(34)12-11-21(22)18-41(32)26(35)14-31-27(36)19-7-9-20(10-8-19)28(37)33-23-5-4-6-24(33)17-39-16-23/h7-13,23-24,26,34-35H,4-6,14-18H2,1-3H3,(H,31,36)/t23?,24?,26-/m0/s1. The van der Waals surface area contributed by atoms with Gasteiger partial charge in [-0.2, -0.15) is 0 Å². The largest absolute Gasteiger partial charge is 0.508 e.